The largest absolute Gasteiger partial charge is 0.333 e. The predicted molar refractivity (Wildman–Crippen MR) is 82.9 cm³/mol. The van der Waals surface area contributed by atoms with Crippen LogP contribution in [0.4, 0.5) is 0 Å². The van der Waals surface area contributed by atoms with Crippen LogP contribution in [0, 0.1) is 12.8 Å². The minimum absolute atomic E-state index is 0.170. The number of piperazine rings is 1. The van der Waals surface area contributed by atoms with Gasteiger partial charge in [-0.15, -0.1) is 0 Å². The van der Waals surface area contributed by atoms with E-state index in [1.807, 2.05) is 31.2 Å². The van der Waals surface area contributed by atoms with Crippen LogP contribution in [0.25, 0.3) is 0 Å². The first-order valence-electron chi connectivity index (χ1n) is 7.58. The smallest absolute Gasteiger partial charge is 0.254 e. The van der Waals surface area contributed by atoms with Crippen LogP contribution in [0.1, 0.15) is 43.1 Å². The Morgan fingerprint density at radius 3 is 2.60 bits per heavy atom. The van der Waals surface area contributed by atoms with Crippen molar-refractivity contribution in [2.45, 2.75) is 46.2 Å². The first-order valence-corrected chi connectivity index (χ1v) is 7.58. The van der Waals surface area contributed by atoms with Crippen molar-refractivity contribution in [1.82, 2.24) is 10.2 Å². The number of carbonyl (C=O) groups is 1. The number of rotatable bonds is 3. The zero-order chi connectivity index (χ0) is 14.7. The number of amides is 1. The van der Waals surface area contributed by atoms with Crippen molar-refractivity contribution < 1.29 is 4.79 Å². The zero-order valence-corrected chi connectivity index (χ0v) is 13.0. The summed E-state index contributed by atoms with van der Waals surface area (Å²) in [4.78, 5) is 14.8. The number of nitrogens with zero attached hydrogens (tertiary/aromatic N) is 1. The SMILES string of the molecule is Cc1ccc(C(=O)N2CC(C)NCC2CC(C)C)cc1. The zero-order valence-electron chi connectivity index (χ0n) is 13.0. The molecule has 1 saturated heterocycles. The molecular weight excluding hydrogens is 248 g/mol. The minimum Gasteiger partial charge on any atom is -0.333 e. The van der Waals surface area contributed by atoms with Crippen LogP contribution in [0.5, 0.6) is 0 Å². The van der Waals surface area contributed by atoms with E-state index in [1.54, 1.807) is 0 Å². The Labute approximate surface area is 122 Å². The maximum Gasteiger partial charge on any atom is 0.254 e. The van der Waals surface area contributed by atoms with Crippen molar-refractivity contribution in [3.05, 3.63) is 35.4 Å². The monoisotopic (exact) mass is 274 g/mol. The Balaban J connectivity index is 2.16. The fourth-order valence-electron chi connectivity index (χ4n) is 2.82. The van der Waals surface area contributed by atoms with Gasteiger partial charge < -0.3 is 10.2 Å². The summed E-state index contributed by atoms with van der Waals surface area (Å²) in [5, 5.41) is 3.49. The van der Waals surface area contributed by atoms with Gasteiger partial charge in [-0.2, -0.15) is 0 Å². The average Bonchev–Trinajstić information content (AvgIpc) is 2.40. The molecule has 1 aromatic rings. The number of aryl methyl sites for hydroxylation is 1. The second-order valence-corrected chi connectivity index (χ2v) is 6.42. The molecule has 0 aliphatic carbocycles. The quantitative estimate of drug-likeness (QED) is 0.919. The first-order chi connectivity index (χ1) is 9.47. The van der Waals surface area contributed by atoms with Gasteiger partial charge in [-0.05, 0) is 38.3 Å². The molecule has 1 heterocycles. The summed E-state index contributed by atoms with van der Waals surface area (Å²) >= 11 is 0. The molecule has 0 aromatic heterocycles. The highest BCUT2D eigenvalue weighted by molar-refractivity contribution is 5.94. The molecule has 2 atom stereocenters. The molecule has 1 aliphatic heterocycles. The summed E-state index contributed by atoms with van der Waals surface area (Å²) < 4.78 is 0. The second kappa shape index (κ2) is 6.40. The standard InChI is InChI=1S/C17H26N2O/c1-12(2)9-16-10-18-14(4)11-19(16)17(20)15-7-5-13(3)6-8-15/h5-8,12,14,16,18H,9-11H2,1-4H3. The van der Waals surface area contributed by atoms with Gasteiger partial charge in [0.2, 0.25) is 0 Å². The predicted octanol–water partition coefficient (Wildman–Crippen LogP) is 2.84. The molecule has 0 saturated carbocycles. The second-order valence-electron chi connectivity index (χ2n) is 6.42. The molecule has 1 amide bonds. The van der Waals surface area contributed by atoms with Crippen LogP contribution in [0.15, 0.2) is 24.3 Å². The van der Waals surface area contributed by atoms with Crippen LogP contribution >= 0.6 is 0 Å². The molecule has 2 rings (SSSR count). The van der Waals surface area contributed by atoms with E-state index < -0.39 is 0 Å². The molecule has 3 nitrogen and oxygen atoms in total. The fraction of sp³-hybridized carbons (Fsp3) is 0.588. The van der Waals surface area contributed by atoms with Crippen molar-refractivity contribution in [3.8, 4) is 0 Å². The summed E-state index contributed by atoms with van der Waals surface area (Å²) in [6, 6.07) is 8.58. The molecule has 2 unspecified atom stereocenters. The van der Waals surface area contributed by atoms with Crippen LogP contribution in [-0.2, 0) is 0 Å². The summed E-state index contributed by atoms with van der Waals surface area (Å²) in [6.45, 7) is 10.3. The third kappa shape index (κ3) is 3.60. The fourth-order valence-corrected chi connectivity index (χ4v) is 2.82. The molecule has 1 aromatic carbocycles. The Bertz CT molecular complexity index is 453. The number of benzene rings is 1. The van der Waals surface area contributed by atoms with Crippen molar-refractivity contribution >= 4 is 5.91 Å². The number of hydrogen-bond acceptors (Lipinski definition) is 2. The van der Waals surface area contributed by atoms with Crippen molar-refractivity contribution in [2.24, 2.45) is 5.92 Å². The average molecular weight is 274 g/mol. The Hall–Kier alpha value is -1.35. The van der Waals surface area contributed by atoms with Crippen LogP contribution in [0.2, 0.25) is 0 Å². The van der Waals surface area contributed by atoms with Gasteiger partial charge in [-0.25, -0.2) is 0 Å². The van der Waals surface area contributed by atoms with Gasteiger partial charge in [0, 0.05) is 30.7 Å². The topological polar surface area (TPSA) is 32.3 Å². The van der Waals surface area contributed by atoms with E-state index >= 15 is 0 Å². The van der Waals surface area contributed by atoms with Crippen LogP contribution in [0.3, 0.4) is 0 Å². The molecule has 1 fully saturated rings. The van der Waals surface area contributed by atoms with Crippen molar-refractivity contribution in [1.29, 1.82) is 0 Å². The van der Waals surface area contributed by atoms with Gasteiger partial charge >= 0.3 is 0 Å². The molecule has 0 bridgehead atoms. The van der Waals surface area contributed by atoms with E-state index in [9.17, 15) is 4.79 Å². The molecule has 1 aliphatic rings. The van der Waals surface area contributed by atoms with Crippen molar-refractivity contribution in [2.75, 3.05) is 13.1 Å². The summed E-state index contributed by atoms with van der Waals surface area (Å²) in [5.74, 6) is 0.771. The Morgan fingerprint density at radius 2 is 2.00 bits per heavy atom. The van der Waals surface area contributed by atoms with Gasteiger partial charge in [0.1, 0.15) is 0 Å². The van der Waals surface area contributed by atoms with Crippen LogP contribution in [-0.4, -0.2) is 36.0 Å². The molecule has 110 valence electrons. The number of hydrogen-bond donors (Lipinski definition) is 1. The van der Waals surface area contributed by atoms with E-state index in [2.05, 4.69) is 31.0 Å². The molecule has 20 heavy (non-hydrogen) atoms. The lowest BCUT2D eigenvalue weighted by molar-refractivity contribution is 0.0563. The highest BCUT2D eigenvalue weighted by Crippen LogP contribution is 2.18. The highest BCUT2D eigenvalue weighted by atomic mass is 16.2. The summed E-state index contributed by atoms with van der Waals surface area (Å²) in [6.07, 6.45) is 1.05. The lowest BCUT2D eigenvalue weighted by atomic mass is 9.98. The van der Waals surface area contributed by atoms with Gasteiger partial charge in [0.25, 0.3) is 5.91 Å². The Kier molecular flexibility index (Phi) is 4.81. The van der Waals surface area contributed by atoms with Gasteiger partial charge in [0.15, 0.2) is 0 Å². The van der Waals surface area contributed by atoms with Crippen LogP contribution < -0.4 is 5.32 Å². The van der Waals surface area contributed by atoms with Gasteiger partial charge in [-0.1, -0.05) is 31.5 Å². The van der Waals surface area contributed by atoms with Gasteiger partial charge in [-0.3, -0.25) is 4.79 Å². The van der Waals surface area contributed by atoms with E-state index in [0.29, 0.717) is 18.0 Å². The third-order valence-electron chi connectivity index (χ3n) is 3.92. The maximum atomic E-state index is 12.7. The summed E-state index contributed by atoms with van der Waals surface area (Å²) in [5.41, 5.74) is 1.99. The normalized spacial score (nSPS) is 23.1. The first kappa shape index (κ1) is 15.0. The minimum atomic E-state index is 0.170. The van der Waals surface area contributed by atoms with Crippen molar-refractivity contribution in [3.63, 3.8) is 0 Å². The van der Waals surface area contributed by atoms with E-state index in [0.717, 1.165) is 25.1 Å². The lowest BCUT2D eigenvalue weighted by Gasteiger charge is -2.40. The third-order valence-corrected chi connectivity index (χ3v) is 3.92. The Morgan fingerprint density at radius 1 is 1.35 bits per heavy atom. The van der Waals surface area contributed by atoms with Gasteiger partial charge in [0.05, 0.1) is 0 Å². The molecule has 0 spiro atoms. The number of carbonyl (C=O) groups excluding carboxylic acids is 1. The van der Waals surface area contributed by atoms with E-state index in [-0.39, 0.29) is 5.91 Å². The molecule has 3 heteroatoms. The summed E-state index contributed by atoms with van der Waals surface area (Å²) in [7, 11) is 0. The molecule has 1 N–H and O–H groups in total. The molecular formula is C17H26N2O. The molecule has 0 radical (unpaired) electrons. The number of nitrogens with one attached hydrogen (secondary N) is 1. The highest BCUT2D eigenvalue weighted by Gasteiger charge is 2.30. The lowest BCUT2D eigenvalue weighted by Crippen LogP contribution is -2.57. The van der Waals surface area contributed by atoms with E-state index in [4.69, 9.17) is 0 Å². The van der Waals surface area contributed by atoms with E-state index in [1.165, 1.54) is 5.56 Å². The maximum absolute atomic E-state index is 12.7.